The molecule has 0 aliphatic carbocycles. The maximum Gasteiger partial charge on any atom is 0.277 e. The Bertz CT molecular complexity index is 731. The molecule has 1 aromatic heterocycles. The van der Waals surface area contributed by atoms with Crippen molar-refractivity contribution in [3.63, 3.8) is 0 Å². The highest BCUT2D eigenvalue weighted by Crippen LogP contribution is 2.22. The van der Waals surface area contributed by atoms with Gasteiger partial charge >= 0.3 is 0 Å². The van der Waals surface area contributed by atoms with E-state index in [-0.39, 0.29) is 17.0 Å². The van der Waals surface area contributed by atoms with Crippen molar-refractivity contribution in [2.24, 2.45) is 5.73 Å². The van der Waals surface area contributed by atoms with E-state index in [1.807, 2.05) is 32.9 Å². The monoisotopic (exact) mass is 270 g/mol. The first-order chi connectivity index (χ1) is 9.43. The summed E-state index contributed by atoms with van der Waals surface area (Å²) >= 11 is 0. The van der Waals surface area contributed by atoms with E-state index in [0.29, 0.717) is 12.2 Å². The van der Waals surface area contributed by atoms with Gasteiger partial charge < -0.3 is 5.73 Å². The molecule has 0 bridgehead atoms. The van der Waals surface area contributed by atoms with E-state index in [1.165, 1.54) is 10.2 Å². The van der Waals surface area contributed by atoms with Crippen LogP contribution < -0.4 is 11.3 Å². The highest BCUT2D eigenvalue weighted by molar-refractivity contribution is 5.95. The second-order valence-corrected chi connectivity index (χ2v) is 4.80. The second kappa shape index (κ2) is 5.28. The third kappa shape index (κ3) is 2.47. The zero-order chi connectivity index (χ0) is 14.9. The van der Waals surface area contributed by atoms with Crippen LogP contribution in [0, 0.1) is 19.3 Å². The van der Waals surface area contributed by atoms with Crippen molar-refractivity contribution in [3.05, 3.63) is 51.3 Å². The number of rotatable bonds is 3. The number of nitrogens with two attached hydrogens (primary N) is 1. The molecule has 5 nitrogen and oxygen atoms in total. The van der Waals surface area contributed by atoms with E-state index in [9.17, 15) is 4.79 Å². The van der Waals surface area contributed by atoms with Gasteiger partial charge in [0.05, 0.1) is 11.3 Å². The third-order valence-corrected chi connectivity index (χ3v) is 3.22. The number of aromatic nitrogens is 2. The fourth-order valence-corrected chi connectivity index (χ4v) is 2.18. The largest absolute Gasteiger partial charge is 0.384 e. The topological polar surface area (TPSA) is 84.8 Å². The molecule has 5 heteroatoms. The highest BCUT2D eigenvalue weighted by atomic mass is 16.1. The maximum atomic E-state index is 12.0. The van der Waals surface area contributed by atoms with E-state index in [2.05, 4.69) is 11.2 Å². The molecule has 3 N–H and O–H groups in total. The normalized spacial score (nSPS) is 10.6. The predicted octanol–water partition coefficient (Wildman–Crippen LogP) is 1.83. The fourth-order valence-electron chi connectivity index (χ4n) is 2.18. The quantitative estimate of drug-likeness (QED) is 0.659. The van der Waals surface area contributed by atoms with Crippen LogP contribution in [0.4, 0.5) is 0 Å². The molecule has 0 saturated carbocycles. The van der Waals surface area contributed by atoms with Gasteiger partial charge in [-0.05, 0) is 32.4 Å². The second-order valence-electron chi connectivity index (χ2n) is 4.80. The zero-order valence-corrected chi connectivity index (χ0v) is 11.9. The smallest absolute Gasteiger partial charge is 0.277 e. The molecule has 2 rings (SSSR count). The van der Waals surface area contributed by atoms with Crippen molar-refractivity contribution in [1.82, 2.24) is 9.78 Å². The van der Waals surface area contributed by atoms with Crippen LogP contribution in [0.25, 0.3) is 11.3 Å². The van der Waals surface area contributed by atoms with Gasteiger partial charge in [-0.2, -0.15) is 5.10 Å². The first kappa shape index (κ1) is 14.0. The molecule has 1 aromatic carbocycles. The van der Waals surface area contributed by atoms with Crippen LogP contribution in [0.5, 0.6) is 0 Å². The molecule has 0 radical (unpaired) electrons. The van der Waals surface area contributed by atoms with Crippen LogP contribution in [0.3, 0.4) is 0 Å². The number of hydrogen-bond acceptors (Lipinski definition) is 3. The first-order valence-electron chi connectivity index (χ1n) is 6.48. The van der Waals surface area contributed by atoms with Crippen molar-refractivity contribution in [1.29, 1.82) is 5.41 Å². The average Bonchev–Trinajstić information content (AvgIpc) is 2.39. The van der Waals surface area contributed by atoms with Crippen LogP contribution in [-0.2, 0) is 6.54 Å². The van der Waals surface area contributed by atoms with Crippen molar-refractivity contribution in [2.45, 2.75) is 27.3 Å². The molecule has 0 fully saturated rings. The van der Waals surface area contributed by atoms with E-state index in [1.54, 1.807) is 6.07 Å². The van der Waals surface area contributed by atoms with Crippen molar-refractivity contribution >= 4 is 5.84 Å². The number of nitrogen functional groups attached to an aromatic ring is 1. The van der Waals surface area contributed by atoms with Crippen LogP contribution in [-0.4, -0.2) is 15.6 Å². The lowest BCUT2D eigenvalue weighted by molar-refractivity contribution is 0.617. The van der Waals surface area contributed by atoms with Gasteiger partial charge in [0.25, 0.3) is 5.56 Å². The Morgan fingerprint density at radius 3 is 2.60 bits per heavy atom. The summed E-state index contributed by atoms with van der Waals surface area (Å²) in [6.07, 6.45) is 0. The minimum Gasteiger partial charge on any atom is -0.384 e. The van der Waals surface area contributed by atoms with E-state index in [0.717, 1.165) is 11.1 Å². The third-order valence-electron chi connectivity index (χ3n) is 3.22. The minimum absolute atomic E-state index is 0.192. The fraction of sp³-hybridized carbons (Fsp3) is 0.267. The van der Waals surface area contributed by atoms with Gasteiger partial charge in [0.1, 0.15) is 5.84 Å². The van der Waals surface area contributed by atoms with E-state index < -0.39 is 0 Å². The Morgan fingerprint density at radius 2 is 2.05 bits per heavy atom. The number of nitrogens with one attached hydrogen (secondary N) is 1. The molecule has 0 aliphatic heterocycles. The average molecular weight is 270 g/mol. The summed E-state index contributed by atoms with van der Waals surface area (Å²) in [6, 6.07) is 7.63. The Hall–Kier alpha value is -2.43. The van der Waals surface area contributed by atoms with Crippen LogP contribution in [0.2, 0.25) is 0 Å². The molecule has 0 amide bonds. The van der Waals surface area contributed by atoms with Crippen LogP contribution in [0.15, 0.2) is 29.1 Å². The summed E-state index contributed by atoms with van der Waals surface area (Å²) in [4.78, 5) is 12.0. The SMILES string of the molecule is CCn1nc(-c2ccc(C)cc2C)cc(C(=N)N)c1=O. The van der Waals surface area contributed by atoms with Gasteiger partial charge in [-0.25, -0.2) is 4.68 Å². The number of nitrogens with zero attached hydrogens (tertiary/aromatic N) is 2. The lowest BCUT2D eigenvalue weighted by Gasteiger charge is -2.11. The van der Waals surface area contributed by atoms with Gasteiger partial charge in [0.2, 0.25) is 0 Å². The molecule has 0 aliphatic rings. The van der Waals surface area contributed by atoms with Gasteiger partial charge in [-0.1, -0.05) is 23.8 Å². The molecule has 0 saturated heterocycles. The summed E-state index contributed by atoms with van der Waals surface area (Å²) in [6.45, 7) is 6.30. The van der Waals surface area contributed by atoms with Gasteiger partial charge in [0.15, 0.2) is 0 Å². The summed E-state index contributed by atoms with van der Waals surface area (Å²) in [5.74, 6) is -0.231. The van der Waals surface area contributed by atoms with E-state index >= 15 is 0 Å². The lowest BCUT2D eigenvalue weighted by Crippen LogP contribution is -2.31. The molecule has 0 unspecified atom stereocenters. The molecular weight excluding hydrogens is 252 g/mol. The van der Waals surface area contributed by atoms with Crippen molar-refractivity contribution in [3.8, 4) is 11.3 Å². The molecule has 0 atom stereocenters. The van der Waals surface area contributed by atoms with Crippen LogP contribution >= 0.6 is 0 Å². The number of aryl methyl sites for hydroxylation is 3. The Kier molecular flexibility index (Phi) is 3.70. The van der Waals surface area contributed by atoms with Gasteiger partial charge in [0, 0.05) is 12.1 Å². The lowest BCUT2D eigenvalue weighted by atomic mass is 10.0. The summed E-state index contributed by atoms with van der Waals surface area (Å²) in [5, 5.41) is 11.9. The summed E-state index contributed by atoms with van der Waals surface area (Å²) in [5.41, 5.74) is 9.21. The summed E-state index contributed by atoms with van der Waals surface area (Å²) in [7, 11) is 0. The van der Waals surface area contributed by atoms with Crippen LogP contribution in [0.1, 0.15) is 23.6 Å². The first-order valence-corrected chi connectivity index (χ1v) is 6.48. The highest BCUT2D eigenvalue weighted by Gasteiger charge is 2.12. The zero-order valence-electron chi connectivity index (χ0n) is 11.9. The van der Waals surface area contributed by atoms with Gasteiger partial charge in [-0.3, -0.25) is 10.2 Å². The predicted molar refractivity (Wildman–Crippen MR) is 80.1 cm³/mol. The van der Waals surface area contributed by atoms with Gasteiger partial charge in [-0.15, -0.1) is 0 Å². The molecule has 0 spiro atoms. The molecular formula is C15H18N4O. The Balaban J connectivity index is 2.71. The maximum absolute atomic E-state index is 12.0. The molecule has 1 heterocycles. The van der Waals surface area contributed by atoms with Crippen molar-refractivity contribution in [2.75, 3.05) is 0 Å². The Morgan fingerprint density at radius 1 is 1.35 bits per heavy atom. The number of hydrogen-bond donors (Lipinski definition) is 2. The molecule has 104 valence electrons. The minimum atomic E-state index is -0.325. The molecule has 2 aromatic rings. The molecule has 20 heavy (non-hydrogen) atoms. The standard InChI is InChI=1S/C15H18N4O/c1-4-19-15(20)12(14(16)17)8-13(18-19)11-6-5-9(2)7-10(11)3/h5-8H,4H2,1-3H3,(H3,16,17). The number of amidine groups is 1. The summed E-state index contributed by atoms with van der Waals surface area (Å²) < 4.78 is 1.34. The number of benzene rings is 1. The van der Waals surface area contributed by atoms with Crippen molar-refractivity contribution < 1.29 is 0 Å². The Labute approximate surface area is 117 Å². The van der Waals surface area contributed by atoms with E-state index in [4.69, 9.17) is 11.1 Å².